The third-order valence-electron chi connectivity index (χ3n) is 1.58. The third kappa shape index (κ3) is 1.57. The van der Waals surface area contributed by atoms with Gasteiger partial charge in [-0.2, -0.15) is 4.99 Å². The molecular formula is C8H10N2O. The van der Waals surface area contributed by atoms with Crippen LogP contribution in [0.3, 0.4) is 0 Å². The molecule has 3 nitrogen and oxygen atoms in total. The van der Waals surface area contributed by atoms with Gasteiger partial charge in [-0.3, -0.25) is 0 Å². The Hall–Kier alpha value is -1.34. The summed E-state index contributed by atoms with van der Waals surface area (Å²) < 4.78 is 0. The Labute approximate surface area is 65.2 Å². The van der Waals surface area contributed by atoms with Crippen molar-refractivity contribution in [2.24, 2.45) is 4.99 Å². The molecule has 58 valence electrons. The van der Waals surface area contributed by atoms with Gasteiger partial charge in [0.25, 0.3) is 0 Å². The summed E-state index contributed by atoms with van der Waals surface area (Å²) >= 11 is 0. The maximum Gasteiger partial charge on any atom is 0.235 e. The van der Waals surface area contributed by atoms with Gasteiger partial charge in [0.1, 0.15) is 5.54 Å². The average molecular weight is 150 g/mol. The van der Waals surface area contributed by atoms with Crippen LogP contribution in [0.25, 0.3) is 0 Å². The number of nitrogens with one attached hydrogen (secondary N) is 1. The predicted molar refractivity (Wildman–Crippen MR) is 41.9 cm³/mol. The monoisotopic (exact) mass is 150 g/mol. The van der Waals surface area contributed by atoms with Crippen LogP contribution in [0.2, 0.25) is 0 Å². The number of aromatic nitrogens is 1. The van der Waals surface area contributed by atoms with E-state index in [9.17, 15) is 4.79 Å². The van der Waals surface area contributed by atoms with E-state index in [0.717, 1.165) is 5.69 Å². The van der Waals surface area contributed by atoms with Crippen molar-refractivity contribution in [1.29, 1.82) is 0 Å². The molecule has 3 heteroatoms. The highest BCUT2D eigenvalue weighted by atomic mass is 16.1. The van der Waals surface area contributed by atoms with Gasteiger partial charge in [-0.15, -0.1) is 0 Å². The molecule has 1 aromatic heterocycles. The topological polar surface area (TPSA) is 45.2 Å². The Balaban J connectivity index is 2.99. The van der Waals surface area contributed by atoms with Crippen LogP contribution in [0.1, 0.15) is 19.5 Å². The number of hydrogen-bond acceptors (Lipinski definition) is 2. The highest BCUT2D eigenvalue weighted by Crippen LogP contribution is 2.21. The van der Waals surface area contributed by atoms with E-state index in [-0.39, 0.29) is 0 Å². The summed E-state index contributed by atoms with van der Waals surface area (Å²) in [5, 5.41) is 0. The molecule has 1 rings (SSSR count). The fourth-order valence-electron chi connectivity index (χ4n) is 0.885. The van der Waals surface area contributed by atoms with Crippen LogP contribution in [0, 0.1) is 0 Å². The van der Waals surface area contributed by atoms with Gasteiger partial charge in [0.15, 0.2) is 0 Å². The lowest BCUT2D eigenvalue weighted by atomic mass is 10.0. The highest BCUT2D eigenvalue weighted by Gasteiger charge is 2.19. The van der Waals surface area contributed by atoms with Gasteiger partial charge in [-0.25, -0.2) is 4.79 Å². The minimum absolute atomic E-state index is 0.481. The van der Waals surface area contributed by atoms with Crippen LogP contribution < -0.4 is 0 Å². The minimum Gasteiger partial charge on any atom is -0.363 e. The Morgan fingerprint density at radius 1 is 1.64 bits per heavy atom. The molecule has 0 aliphatic heterocycles. The van der Waals surface area contributed by atoms with Crippen LogP contribution in [0.5, 0.6) is 0 Å². The van der Waals surface area contributed by atoms with Crippen molar-refractivity contribution in [2.75, 3.05) is 0 Å². The number of rotatable bonds is 2. The fraction of sp³-hybridized carbons (Fsp3) is 0.375. The highest BCUT2D eigenvalue weighted by molar-refractivity contribution is 5.36. The predicted octanol–water partition coefficient (Wildman–Crippen LogP) is 1.59. The molecule has 1 N–H and O–H groups in total. The number of carbonyl (C=O) groups excluding carboxylic acids is 1. The molecule has 0 saturated carbocycles. The van der Waals surface area contributed by atoms with Crippen LogP contribution in [0.4, 0.5) is 0 Å². The number of isocyanates is 1. The lowest BCUT2D eigenvalue weighted by Gasteiger charge is -2.14. The van der Waals surface area contributed by atoms with E-state index in [4.69, 9.17) is 0 Å². The van der Waals surface area contributed by atoms with Crippen molar-refractivity contribution < 1.29 is 4.79 Å². The van der Waals surface area contributed by atoms with Gasteiger partial charge in [0.05, 0.1) is 0 Å². The van der Waals surface area contributed by atoms with Gasteiger partial charge in [0, 0.05) is 11.9 Å². The zero-order valence-electron chi connectivity index (χ0n) is 6.59. The zero-order chi connectivity index (χ0) is 8.32. The Morgan fingerprint density at radius 3 is 2.82 bits per heavy atom. The van der Waals surface area contributed by atoms with E-state index >= 15 is 0 Å². The number of aromatic amines is 1. The lowest BCUT2D eigenvalue weighted by molar-refractivity contribution is 0.514. The van der Waals surface area contributed by atoms with E-state index in [2.05, 4.69) is 9.98 Å². The third-order valence-corrected chi connectivity index (χ3v) is 1.58. The normalized spacial score (nSPS) is 10.7. The number of aliphatic imine (C=N–C) groups is 1. The molecule has 0 atom stereocenters. The zero-order valence-corrected chi connectivity index (χ0v) is 6.59. The summed E-state index contributed by atoms with van der Waals surface area (Å²) in [5.74, 6) is 0. The van der Waals surface area contributed by atoms with Crippen molar-refractivity contribution in [1.82, 2.24) is 4.98 Å². The summed E-state index contributed by atoms with van der Waals surface area (Å²) in [6.07, 6.45) is 3.35. The number of hydrogen-bond donors (Lipinski definition) is 1. The second kappa shape index (κ2) is 2.72. The van der Waals surface area contributed by atoms with E-state index in [1.54, 1.807) is 12.3 Å². The summed E-state index contributed by atoms with van der Waals surface area (Å²) in [7, 11) is 0. The van der Waals surface area contributed by atoms with Gasteiger partial charge in [0.2, 0.25) is 6.08 Å². The summed E-state index contributed by atoms with van der Waals surface area (Å²) in [6, 6.07) is 3.76. The molecule has 1 heterocycles. The van der Waals surface area contributed by atoms with Crippen LogP contribution >= 0.6 is 0 Å². The van der Waals surface area contributed by atoms with E-state index in [1.165, 1.54) is 0 Å². The van der Waals surface area contributed by atoms with Gasteiger partial charge < -0.3 is 4.98 Å². The maximum atomic E-state index is 10.0. The molecular weight excluding hydrogens is 140 g/mol. The van der Waals surface area contributed by atoms with Crippen LogP contribution in [0.15, 0.2) is 23.3 Å². The molecule has 11 heavy (non-hydrogen) atoms. The van der Waals surface area contributed by atoms with Gasteiger partial charge in [-0.1, -0.05) is 0 Å². The summed E-state index contributed by atoms with van der Waals surface area (Å²) in [6.45, 7) is 3.70. The molecule has 0 fully saturated rings. The molecule has 1 aromatic rings. The first-order chi connectivity index (χ1) is 5.17. The summed E-state index contributed by atoms with van der Waals surface area (Å²) in [4.78, 5) is 16.7. The largest absolute Gasteiger partial charge is 0.363 e. The Bertz CT molecular complexity index is 268. The molecule has 0 aromatic carbocycles. The SMILES string of the molecule is CC(C)(N=C=O)c1ccc[nH]1. The quantitative estimate of drug-likeness (QED) is 0.505. The first-order valence-corrected chi connectivity index (χ1v) is 3.40. The maximum absolute atomic E-state index is 10.0. The van der Waals surface area contributed by atoms with Crippen molar-refractivity contribution in [3.63, 3.8) is 0 Å². The van der Waals surface area contributed by atoms with Gasteiger partial charge in [-0.05, 0) is 26.0 Å². The molecule has 0 aliphatic rings. The van der Waals surface area contributed by atoms with Crippen molar-refractivity contribution in [3.05, 3.63) is 24.0 Å². The fourth-order valence-corrected chi connectivity index (χ4v) is 0.885. The smallest absolute Gasteiger partial charge is 0.235 e. The van der Waals surface area contributed by atoms with Crippen molar-refractivity contribution in [2.45, 2.75) is 19.4 Å². The first kappa shape index (κ1) is 7.76. The Morgan fingerprint density at radius 2 is 2.36 bits per heavy atom. The average Bonchev–Trinajstić information content (AvgIpc) is 2.37. The second-order valence-corrected chi connectivity index (χ2v) is 2.85. The number of H-pyrrole nitrogens is 1. The van der Waals surface area contributed by atoms with Crippen molar-refractivity contribution >= 4 is 6.08 Å². The van der Waals surface area contributed by atoms with Gasteiger partial charge >= 0.3 is 0 Å². The number of nitrogens with zero attached hydrogens (tertiary/aromatic N) is 1. The van der Waals surface area contributed by atoms with E-state index in [0.29, 0.717) is 0 Å². The Kier molecular flexibility index (Phi) is 1.92. The van der Waals surface area contributed by atoms with E-state index in [1.807, 2.05) is 26.0 Å². The molecule has 0 unspecified atom stereocenters. The lowest BCUT2D eigenvalue weighted by Crippen LogP contribution is -2.13. The second-order valence-electron chi connectivity index (χ2n) is 2.85. The molecule has 0 bridgehead atoms. The van der Waals surface area contributed by atoms with Crippen molar-refractivity contribution in [3.8, 4) is 0 Å². The van der Waals surface area contributed by atoms with Crippen LogP contribution in [-0.2, 0) is 10.3 Å². The first-order valence-electron chi connectivity index (χ1n) is 3.40. The van der Waals surface area contributed by atoms with E-state index < -0.39 is 5.54 Å². The van der Waals surface area contributed by atoms with Crippen LogP contribution in [-0.4, -0.2) is 11.1 Å². The molecule has 0 spiro atoms. The molecule has 0 radical (unpaired) electrons. The molecule has 0 aliphatic carbocycles. The summed E-state index contributed by atoms with van der Waals surface area (Å²) in [5.41, 5.74) is 0.437. The minimum atomic E-state index is -0.481. The molecule has 0 saturated heterocycles. The molecule has 0 amide bonds. The standard InChI is InChI=1S/C8H10N2O/c1-8(2,10-6-11)7-4-3-5-9-7/h3-5,9H,1-2H3.